The van der Waals surface area contributed by atoms with E-state index in [1.807, 2.05) is 43.5 Å². The van der Waals surface area contributed by atoms with Crippen LogP contribution < -0.4 is 5.32 Å². The largest absolute Gasteiger partial charge is 0.444 e. The zero-order chi connectivity index (χ0) is 17.2. The van der Waals surface area contributed by atoms with E-state index >= 15 is 0 Å². The Labute approximate surface area is 145 Å². The Morgan fingerprint density at radius 3 is 3.00 bits per heavy atom. The summed E-state index contributed by atoms with van der Waals surface area (Å²) in [5, 5.41) is 3.10. The molecule has 1 aliphatic rings. The predicted molar refractivity (Wildman–Crippen MR) is 92.9 cm³/mol. The summed E-state index contributed by atoms with van der Waals surface area (Å²) in [6, 6.07) is 9.81. The van der Waals surface area contributed by atoms with Crippen LogP contribution in [0, 0.1) is 6.92 Å². The fraction of sp³-hybridized carbons (Fsp3) is 0.316. The first-order valence-corrected chi connectivity index (χ1v) is 8.49. The molecule has 2 aromatic heterocycles. The Kier molecular flexibility index (Phi) is 4.09. The molecule has 25 heavy (non-hydrogen) atoms. The Bertz CT molecular complexity index is 882. The van der Waals surface area contributed by atoms with E-state index in [4.69, 9.17) is 4.42 Å². The SMILES string of the molecule is Cc1cn2c(n1)CC[C@@H](NC(=O)Cc1coc(-c3ccccc3)n1)C2. The third kappa shape index (κ3) is 3.47. The molecular weight excluding hydrogens is 316 g/mol. The maximum absolute atomic E-state index is 12.3. The topological polar surface area (TPSA) is 73.0 Å². The number of nitrogens with one attached hydrogen (secondary N) is 1. The number of nitrogens with zero attached hydrogens (tertiary/aromatic N) is 3. The van der Waals surface area contributed by atoms with Gasteiger partial charge in [0.05, 0.1) is 17.8 Å². The number of carbonyl (C=O) groups is 1. The van der Waals surface area contributed by atoms with Crippen molar-refractivity contribution in [3.8, 4) is 11.5 Å². The Hall–Kier alpha value is -2.89. The van der Waals surface area contributed by atoms with Crippen LogP contribution in [-0.4, -0.2) is 26.5 Å². The summed E-state index contributed by atoms with van der Waals surface area (Å²) in [6.07, 6.45) is 5.62. The first-order valence-electron chi connectivity index (χ1n) is 8.49. The highest BCUT2D eigenvalue weighted by Crippen LogP contribution is 2.18. The van der Waals surface area contributed by atoms with Crippen LogP contribution in [0.3, 0.4) is 0 Å². The molecule has 0 radical (unpaired) electrons. The lowest BCUT2D eigenvalue weighted by Gasteiger charge is -2.24. The Balaban J connectivity index is 1.36. The fourth-order valence-electron chi connectivity index (χ4n) is 3.25. The summed E-state index contributed by atoms with van der Waals surface area (Å²) >= 11 is 0. The summed E-state index contributed by atoms with van der Waals surface area (Å²) in [7, 11) is 0. The number of amides is 1. The predicted octanol–water partition coefficient (Wildman–Crippen LogP) is 2.52. The van der Waals surface area contributed by atoms with Gasteiger partial charge in [0.2, 0.25) is 11.8 Å². The van der Waals surface area contributed by atoms with E-state index in [0.717, 1.165) is 36.5 Å². The number of oxazole rings is 1. The van der Waals surface area contributed by atoms with Crippen LogP contribution in [0.2, 0.25) is 0 Å². The lowest BCUT2D eigenvalue weighted by Crippen LogP contribution is -2.41. The molecule has 0 fully saturated rings. The van der Waals surface area contributed by atoms with E-state index in [-0.39, 0.29) is 18.4 Å². The molecule has 0 saturated carbocycles. The second kappa shape index (κ2) is 6.55. The molecule has 1 atom stereocenters. The molecule has 6 nitrogen and oxygen atoms in total. The number of hydrogen-bond donors (Lipinski definition) is 1. The summed E-state index contributed by atoms with van der Waals surface area (Å²) in [4.78, 5) is 21.2. The smallest absolute Gasteiger partial charge is 0.226 e. The monoisotopic (exact) mass is 336 g/mol. The summed E-state index contributed by atoms with van der Waals surface area (Å²) in [5.41, 5.74) is 2.58. The zero-order valence-electron chi connectivity index (χ0n) is 14.1. The number of aromatic nitrogens is 3. The van der Waals surface area contributed by atoms with Gasteiger partial charge in [0.15, 0.2) is 0 Å². The first kappa shape index (κ1) is 15.6. The van der Waals surface area contributed by atoms with Crippen molar-refractivity contribution in [3.05, 3.63) is 60.0 Å². The third-order valence-corrected chi connectivity index (χ3v) is 4.39. The second-order valence-electron chi connectivity index (χ2n) is 6.44. The van der Waals surface area contributed by atoms with Crippen molar-refractivity contribution in [1.29, 1.82) is 0 Å². The molecule has 128 valence electrons. The number of hydrogen-bond acceptors (Lipinski definition) is 4. The molecule has 0 spiro atoms. The highest BCUT2D eigenvalue weighted by atomic mass is 16.3. The van der Waals surface area contributed by atoms with E-state index in [0.29, 0.717) is 11.6 Å². The molecule has 0 saturated heterocycles. The van der Waals surface area contributed by atoms with Gasteiger partial charge in [-0.3, -0.25) is 4.79 Å². The van der Waals surface area contributed by atoms with Crippen molar-refractivity contribution >= 4 is 5.91 Å². The molecule has 6 heteroatoms. The molecule has 1 aliphatic heterocycles. The molecule has 0 bridgehead atoms. The molecule has 4 rings (SSSR count). The summed E-state index contributed by atoms with van der Waals surface area (Å²) in [5.74, 6) is 1.62. The zero-order valence-corrected chi connectivity index (χ0v) is 14.1. The molecule has 1 aromatic carbocycles. The Morgan fingerprint density at radius 2 is 2.16 bits per heavy atom. The average Bonchev–Trinajstić information content (AvgIpc) is 3.21. The van der Waals surface area contributed by atoms with Crippen LogP contribution in [0.25, 0.3) is 11.5 Å². The van der Waals surface area contributed by atoms with Crippen LogP contribution in [-0.2, 0) is 24.2 Å². The normalized spacial score (nSPS) is 16.4. The van der Waals surface area contributed by atoms with Gasteiger partial charge in [-0.2, -0.15) is 0 Å². The van der Waals surface area contributed by atoms with Crippen LogP contribution in [0.1, 0.15) is 23.6 Å². The van der Waals surface area contributed by atoms with Gasteiger partial charge in [0.1, 0.15) is 12.1 Å². The van der Waals surface area contributed by atoms with Crippen molar-refractivity contribution in [2.24, 2.45) is 0 Å². The minimum atomic E-state index is -0.0294. The van der Waals surface area contributed by atoms with Gasteiger partial charge in [-0.05, 0) is 25.5 Å². The number of carbonyl (C=O) groups excluding carboxylic acids is 1. The van der Waals surface area contributed by atoms with E-state index in [1.54, 1.807) is 6.26 Å². The summed E-state index contributed by atoms with van der Waals surface area (Å²) in [6.45, 7) is 2.77. The van der Waals surface area contributed by atoms with Crippen molar-refractivity contribution in [3.63, 3.8) is 0 Å². The van der Waals surface area contributed by atoms with Crippen molar-refractivity contribution < 1.29 is 9.21 Å². The molecule has 3 heterocycles. The lowest BCUT2D eigenvalue weighted by molar-refractivity contribution is -0.121. The Morgan fingerprint density at radius 1 is 1.32 bits per heavy atom. The minimum Gasteiger partial charge on any atom is -0.444 e. The third-order valence-electron chi connectivity index (χ3n) is 4.39. The molecule has 1 N–H and O–H groups in total. The minimum absolute atomic E-state index is 0.0294. The number of imidazole rings is 1. The number of fused-ring (bicyclic) bond motifs is 1. The molecular formula is C19H20N4O2. The number of rotatable bonds is 4. The molecule has 1 amide bonds. The van der Waals surface area contributed by atoms with Gasteiger partial charge in [-0.15, -0.1) is 0 Å². The van der Waals surface area contributed by atoms with E-state index in [1.165, 1.54) is 0 Å². The van der Waals surface area contributed by atoms with Gasteiger partial charge < -0.3 is 14.3 Å². The molecule has 0 unspecified atom stereocenters. The highest BCUT2D eigenvalue weighted by molar-refractivity contribution is 5.78. The highest BCUT2D eigenvalue weighted by Gasteiger charge is 2.21. The van der Waals surface area contributed by atoms with E-state index < -0.39 is 0 Å². The van der Waals surface area contributed by atoms with Gasteiger partial charge in [-0.25, -0.2) is 9.97 Å². The lowest BCUT2D eigenvalue weighted by atomic mass is 10.1. The van der Waals surface area contributed by atoms with Crippen molar-refractivity contribution in [2.45, 2.75) is 38.8 Å². The van der Waals surface area contributed by atoms with Gasteiger partial charge >= 0.3 is 0 Å². The fourth-order valence-corrected chi connectivity index (χ4v) is 3.25. The summed E-state index contributed by atoms with van der Waals surface area (Å²) < 4.78 is 7.62. The average molecular weight is 336 g/mol. The van der Waals surface area contributed by atoms with Gasteiger partial charge in [0.25, 0.3) is 0 Å². The second-order valence-corrected chi connectivity index (χ2v) is 6.44. The first-order chi connectivity index (χ1) is 12.2. The van der Waals surface area contributed by atoms with Crippen LogP contribution in [0.15, 0.2) is 47.2 Å². The molecule has 3 aromatic rings. The number of benzene rings is 1. The standard InChI is InChI=1S/C19H20N4O2/c1-13-10-23-11-15(7-8-17(23)20-13)21-18(24)9-16-12-25-19(22-16)14-5-3-2-4-6-14/h2-6,10,12,15H,7-9,11H2,1H3,(H,21,24)/t15-/m1/s1. The van der Waals surface area contributed by atoms with Crippen molar-refractivity contribution in [2.75, 3.05) is 0 Å². The van der Waals surface area contributed by atoms with Crippen molar-refractivity contribution in [1.82, 2.24) is 19.9 Å². The maximum Gasteiger partial charge on any atom is 0.226 e. The van der Waals surface area contributed by atoms with E-state index in [2.05, 4.69) is 19.9 Å². The van der Waals surface area contributed by atoms with Crippen LogP contribution in [0.4, 0.5) is 0 Å². The van der Waals surface area contributed by atoms with Crippen LogP contribution in [0.5, 0.6) is 0 Å². The number of aryl methyl sites for hydroxylation is 2. The van der Waals surface area contributed by atoms with Crippen LogP contribution >= 0.6 is 0 Å². The maximum atomic E-state index is 12.3. The van der Waals surface area contributed by atoms with E-state index in [9.17, 15) is 4.79 Å². The quantitative estimate of drug-likeness (QED) is 0.794. The molecule has 0 aliphatic carbocycles. The van der Waals surface area contributed by atoms with Gasteiger partial charge in [0, 0.05) is 30.8 Å². The van der Waals surface area contributed by atoms with Gasteiger partial charge in [-0.1, -0.05) is 18.2 Å².